The maximum atomic E-state index is 13.0. The van der Waals surface area contributed by atoms with E-state index in [9.17, 15) is 19.5 Å². The highest BCUT2D eigenvalue weighted by atomic mass is 16.7. The molecule has 0 aromatic rings. The average Bonchev–Trinajstić information content (AvgIpc) is 2.86. The van der Waals surface area contributed by atoms with Gasteiger partial charge in [0.05, 0.1) is 40.3 Å². The molecule has 0 amide bonds. The Kier molecular flexibility index (Phi) is 72.9. The van der Waals surface area contributed by atoms with Gasteiger partial charge in [0.2, 0.25) is 0 Å². The fraction of sp³-hybridized carbons (Fsp3) is 0.779. The lowest BCUT2D eigenvalue weighted by molar-refractivity contribution is -0.870. The number of hydrogen-bond acceptors (Lipinski definition) is 8. The van der Waals surface area contributed by atoms with Gasteiger partial charge in [-0.3, -0.25) is 9.59 Å². The third-order valence-corrected chi connectivity index (χ3v) is 17.8. The first-order valence-electron chi connectivity index (χ1n) is 40.4. The van der Waals surface area contributed by atoms with E-state index in [2.05, 4.69) is 111 Å². The van der Waals surface area contributed by atoms with Crippen LogP contribution in [0.2, 0.25) is 0 Å². The first kappa shape index (κ1) is 91.2. The van der Waals surface area contributed by atoms with E-state index >= 15 is 0 Å². The number of hydrogen-bond donors (Lipinski definition) is 0. The van der Waals surface area contributed by atoms with Gasteiger partial charge in [-0.1, -0.05) is 361 Å². The zero-order valence-electron chi connectivity index (χ0n) is 63.0. The summed E-state index contributed by atoms with van der Waals surface area (Å²) in [6.45, 7) is 4.66. The molecule has 0 aromatic carbocycles. The number of carbonyl (C=O) groups excluding carboxylic acids is 3. The van der Waals surface area contributed by atoms with Crippen LogP contribution in [0.5, 0.6) is 0 Å². The van der Waals surface area contributed by atoms with Crippen LogP contribution < -0.4 is 5.11 Å². The van der Waals surface area contributed by atoms with Gasteiger partial charge >= 0.3 is 11.9 Å². The van der Waals surface area contributed by atoms with Crippen LogP contribution in [0.3, 0.4) is 0 Å². The number of quaternary nitrogens is 1. The van der Waals surface area contributed by atoms with Gasteiger partial charge in [0, 0.05) is 12.8 Å². The van der Waals surface area contributed by atoms with Crippen molar-refractivity contribution in [3.8, 4) is 0 Å². The Labute approximate surface area is 588 Å². The lowest BCUT2D eigenvalue weighted by Crippen LogP contribution is -2.44. The molecule has 0 saturated heterocycles. The fourth-order valence-corrected chi connectivity index (χ4v) is 11.7. The van der Waals surface area contributed by atoms with E-state index in [1.807, 2.05) is 21.1 Å². The topological polar surface area (TPSA) is 111 Å². The van der Waals surface area contributed by atoms with Crippen LogP contribution in [-0.4, -0.2) is 82.3 Å². The molecule has 0 N–H and O–H groups in total. The summed E-state index contributed by atoms with van der Waals surface area (Å²) >= 11 is 0. The molecule has 0 rings (SSSR count). The van der Waals surface area contributed by atoms with Crippen molar-refractivity contribution in [3.63, 3.8) is 0 Å². The molecule has 9 nitrogen and oxygen atoms in total. The van der Waals surface area contributed by atoms with Crippen molar-refractivity contribution in [3.05, 3.63) is 97.2 Å². The van der Waals surface area contributed by atoms with E-state index in [-0.39, 0.29) is 32.2 Å². The number of ether oxygens (including phenoxy) is 4. The highest BCUT2D eigenvalue weighted by molar-refractivity contribution is 5.70. The van der Waals surface area contributed by atoms with E-state index in [0.717, 1.165) is 89.9 Å². The van der Waals surface area contributed by atoms with E-state index in [1.54, 1.807) is 0 Å². The number of likely N-dealkylation sites (N-methyl/N-ethyl adjacent to an activating group) is 1. The minimum Gasteiger partial charge on any atom is -0.545 e. The van der Waals surface area contributed by atoms with Gasteiger partial charge in [0.15, 0.2) is 12.4 Å². The van der Waals surface area contributed by atoms with E-state index in [0.29, 0.717) is 23.9 Å². The zero-order valence-corrected chi connectivity index (χ0v) is 63.0. The number of nitrogens with zero attached hydrogens (tertiary/aromatic N) is 1. The normalized spacial score (nSPS) is 13.1. The molecule has 0 aromatic heterocycles. The van der Waals surface area contributed by atoms with Crippen molar-refractivity contribution in [2.24, 2.45) is 0 Å². The second kappa shape index (κ2) is 76.0. The number of unbranched alkanes of at least 4 members (excludes halogenated alkanes) is 44. The fourth-order valence-electron chi connectivity index (χ4n) is 11.7. The number of carboxylic acids is 1. The molecule has 2 atom stereocenters. The maximum absolute atomic E-state index is 13.0. The second-order valence-electron chi connectivity index (χ2n) is 28.3. The number of aliphatic carboxylic acids is 1. The quantitative estimate of drug-likeness (QED) is 0.0195. The largest absolute Gasteiger partial charge is 0.545 e. The predicted octanol–water partition coefficient (Wildman–Crippen LogP) is 24.6. The summed E-state index contributed by atoms with van der Waals surface area (Å²) in [5.41, 5.74) is 0. The summed E-state index contributed by atoms with van der Waals surface area (Å²) in [6.07, 6.45) is 103. The minimum atomic E-state index is -1.63. The van der Waals surface area contributed by atoms with E-state index < -0.39 is 24.3 Å². The molecule has 550 valence electrons. The molecule has 0 radical (unpaired) electrons. The van der Waals surface area contributed by atoms with Crippen molar-refractivity contribution in [1.29, 1.82) is 0 Å². The Morgan fingerprint density at radius 3 is 0.895 bits per heavy atom. The lowest BCUT2D eigenvalue weighted by atomic mass is 10.0. The molecular weight excluding hydrogens is 1170 g/mol. The molecule has 2 unspecified atom stereocenters. The Morgan fingerprint density at radius 1 is 0.326 bits per heavy atom. The SMILES string of the molecule is CC/C=C\C/C=C\C/C=C\C/C=C\C/C=C\C/C=C\CCCCCCCCCCCCC(=O)OC(COC(=O)CCCCCCCCCCCCCCCCCCCCCCCCCCCCCCC/C=C\C/C=C\CCCCCCC)COC(OCC[N+](C)(C)C)C(=O)[O-]. The molecule has 0 aliphatic rings. The first-order valence-corrected chi connectivity index (χ1v) is 40.4. The molecule has 0 fully saturated rings. The Balaban J connectivity index is 3.97. The van der Waals surface area contributed by atoms with Crippen LogP contribution in [0.25, 0.3) is 0 Å². The third-order valence-electron chi connectivity index (χ3n) is 17.8. The average molecular weight is 1330 g/mol. The number of rotatable bonds is 75. The maximum Gasteiger partial charge on any atom is 0.306 e. The van der Waals surface area contributed by atoms with Crippen LogP contribution in [-0.2, 0) is 33.3 Å². The van der Waals surface area contributed by atoms with Gasteiger partial charge in [-0.15, -0.1) is 0 Å². The number of esters is 2. The van der Waals surface area contributed by atoms with Crippen molar-refractivity contribution < 1.29 is 42.9 Å². The minimum absolute atomic E-state index is 0.145. The van der Waals surface area contributed by atoms with Crippen molar-refractivity contribution in [2.75, 3.05) is 47.5 Å². The summed E-state index contributed by atoms with van der Waals surface area (Å²) in [5, 5.41) is 11.9. The number of allylic oxidation sites excluding steroid dienone is 16. The van der Waals surface area contributed by atoms with Crippen molar-refractivity contribution >= 4 is 17.9 Å². The molecule has 0 bridgehead atoms. The predicted molar refractivity (Wildman–Crippen MR) is 407 cm³/mol. The first-order chi connectivity index (χ1) is 46.6. The van der Waals surface area contributed by atoms with Gasteiger partial charge in [-0.25, -0.2) is 0 Å². The summed E-state index contributed by atoms with van der Waals surface area (Å²) in [4.78, 5) is 37.6. The zero-order chi connectivity index (χ0) is 69.0. The smallest absolute Gasteiger partial charge is 0.306 e. The summed E-state index contributed by atoms with van der Waals surface area (Å²) in [7, 11) is 5.94. The van der Waals surface area contributed by atoms with Gasteiger partial charge in [-0.2, -0.15) is 0 Å². The van der Waals surface area contributed by atoms with Gasteiger partial charge in [0.1, 0.15) is 13.2 Å². The highest BCUT2D eigenvalue weighted by Crippen LogP contribution is 2.19. The molecule has 95 heavy (non-hydrogen) atoms. The van der Waals surface area contributed by atoms with E-state index in [1.165, 1.54) is 250 Å². The number of carbonyl (C=O) groups is 3. The summed E-state index contributed by atoms with van der Waals surface area (Å²) in [5.74, 6) is -2.27. The van der Waals surface area contributed by atoms with Crippen LogP contribution in [0, 0.1) is 0 Å². The van der Waals surface area contributed by atoms with Crippen LogP contribution in [0.4, 0.5) is 0 Å². The standard InChI is InChI=1S/C86H153NO8/c1-6-8-10-12-14-16-18-20-22-24-26-28-30-32-34-36-37-38-39-40-41-42-43-44-45-46-47-49-50-52-54-56-58-60-62-64-66-68-70-72-74-76-83(88)93-80-82(81-94-86(85(90)91)92-79-78-87(3,4)5)95-84(89)77-75-73-71-69-67-65-63-61-59-57-55-53-51-48-35-33-31-29-27-25-23-21-19-17-15-13-11-9-7-2/h9,11,15,17-18,20-21,23-24,26-27,29,33,35,51,53,82,86H,6-8,10,12-14,16,19,22,25,28,30-32,34,36-50,52,54-81H2,1-5H3/b11-9-,17-15-,20-18-,23-21-,26-24-,29-27-,35-33-,53-51-. The van der Waals surface area contributed by atoms with Crippen molar-refractivity contribution in [1.82, 2.24) is 0 Å². The van der Waals surface area contributed by atoms with Gasteiger partial charge < -0.3 is 33.3 Å². The van der Waals surface area contributed by atoms with Crippen LogP contribution >= 0.6 is 0 Å². The molecule has 0 aliphatic carbocycles. The van der Waals surface area contributed by atoms with Crippen LogP contribution in [0.1, 0.15) is 373 Å². The monoisotopic (exact) mass is 1330 g/mol. The van der Waals surface area contributed by atoms with Gasteiger partial charge in [0.25, 0.3) is 0 Å². The number of carboxylic acid groups (broad SMARTS) is 1. The van der Waals surface area contributed by atoms with Crippen molar-refractivity contribution in [2.45, 2.75) is 386 Å². The molecular formula is C86H153NO8. The Morgan fingerprint density at radius 2 is 0.600 bits per heavy atom. The molecule has 0 spiro atoms. The summed E-state index contributed by atoms with van der Waals surface area (Å²) in [6, 6.07) is 0. The molecule has 0 aliphatic heterocycles. The molecule has 0 heterocycles. The Hall–Kier alpha value is -3.79. The lowest BCUT2D eigenvalue weighted by Gasteiger charge is -2.26. The van der Waals surface area contributed by atoms with Gasteiger partial charge in [-0.05, 0) is 96.3 Å². The molecule has 9 heteroatoms. The summed E-state index contributed by atoms with van der Waals surface area (Å²) < 4.78 is 22.9. The Bertz CT molecular complexity index is 1890. The third kappa shape index (κ3) is 77.4. The van der Waals surface area contributed by atoms with Crippen LogP contribution in [0.15, 0.2) is 97.2 Å². The highest BCUT2D eigenvalue weighted by Gasteiger charge is 2.22. The molecule has 0 saturated carbocycles. The second-order valence-corrected chi connectivity index (χ2v) is 28.3. The van der Waals surface area contributed by atoms with E-state index in [4.69, 9.17) is 18.9 Å².